The van der Waals surface area contributed by atoms with Crippen LogP contribution in [-0.4, -0.2) is 43.5 Å². The Balaban J connectivity index is 2.14. The van der Waals surface area contributed by atoms with Gasteiger partial charge in [0.05, 0.1) is 5.56 Å². The first-order chi connectivity index (χ1) is 8.88. The third-order valence-electron chi connectivity index (χ3n) is 3.51. The van der Waals surface area contributed by atoms with E-state index in [0.717, 1.165) is 18.7 Å². The Kier molecular flexibility index (Phi) is 4.16. The van der Waals surface area contributed by atoms with Crippen molar-refractivity contribution in [3.8, 4) is 0 Å². The van der Waals surface area contributed by atoms with Gasteiger partial charge in [-0.25, -0.2) is 0 Å². The third kappa shape index (κ3) is 3.48. The molecule has 2 nitrogen and oxygen atoms in total. The van der Waals surface area contributed by atoms with Gasteiger partial charge in [0.2, 0.25) is 0 Å². The molecule has 0 spiro atoms. The standard InChI is InChI=1S/C14H19F3N2/c1-18(2)8-9-19-7-6-12-11(10-19)4-3-5-13(12)14(15,16)17/h3-5H,6-10H2,1-2H3. The van der Waals surface area contributed by atoms with Crippen LogP contribution < -0.4 is 0 Å². The molecule has 0 atom stereocenters. The summed E-state index contributed by atoms with van der Waals surface area (Å²) in [7, 11) is 4.00. The number of rotatable bonds is 3. The molecule has 106 valence electrons. The first kappa shape index (κ1) is 14.3. The zero-order chi connectivity index (χ0) is 14.0. The molecule has 0 amide bonds. The lowest BCUT2D eigenvalue weighted by molar-refractivity contribution is -0.138. The smallest absolute Gasteiger partial charge is 0.308 e. The highest BCUT2D eigenvalue weighted by atomic mass is 19.4. The van der Waals surface area contributed by atoms with Gasteiger partial charge in [0.1, 0.15) is 0 Å². The molecule has 0 unspecified atom stereocenters. The number of fused-ring (bicyclic) bond motifs is 1. The van der Waals surface area contributed by atoms with Crippen molar-refractivity contribution in [1.29, 1.82) is 0 Å². The second kappa shape index (κ2) is 5.51. The molecule has 1 aromatic carbocycles. The normalized spacial score (nSPS) is 16.7. The van der Waals surface area contributed by atoms with Gasteiger partial charge in [0, 0.05) is 26.2 Å². The van der Waals surface area contributed by atoms with E-state index < -0.39 is 11.7 Å². The van der Waals surface area contributed by atoms with E-state index in [0.29, 0.717) is 25.1 Å². The van der Waals surface area contributed by atoms with Gasteiger partial charge in [-0.05, 0) is 37.7 Å². The molecular formula is C14H19F3N2. The fourth-order valence-corrected chi connectivity index (χ4v) is 2.47. The molecule has 1 aromatic rings. The summed E-state index contributed by atoms with van der Waals surface area (Å²) in [6, 6.07) is 4.51. The van der Waals surface area contributed by atoms with Gasteiger partial charge in [0.25, 0.3) is 0 Å². The largest absolute Gasteiger partial charge is 0.416 e. The van der Waals surface area contributed by atoms with Crippen LogP contribution in [0.4, 0.5) is 13.2 Å². The number of alkyl halides is 3. The van der Waals surface area contributed by atoms with Crippen molar-refractivity contribution in [3.05, 3.63) is 34.9 Å². The van der Waals surface area contributed by atoms with Crippen molar-refractivity contribution in [2.75, 3.05) is 33.7 Å². The van der Waals surface area contributed by atoms with Crippen molar-refractivity contribution < 1.29 is 13.2 Å². The van der Waals surface area contributed by atoms with Gasteiger partial charge in [-0.15, -0.1) is 0 Å². The minimum absolute atomic E-state index is 0.461. The monoisotopic (exact) mass is 272 g/mol. The number of nitrogens with zero attached hydrogens (tertiary/aromatic N) is 2. The zero-order valence-electron chi connectivity index (χ0n) is 11.3. The number of hydrogen-bond donors (Lipinski definition) is 0. The Morgan fingerprint density at radius 3 is 2.63 bits per heavy atom. The van der Waals surface area contributed by atoms with Crippen molar-refractivity contribution in [2.24, 2.45) is 0 Å². The molecule has 0 aliphatic carbocycles. The lowest BCUT2D eigenvalue weighted by Gasteiger charge is -2.31. The van der Waals surface area contributed by atoms with Gasteiger partial charge >= 0.3 is 6.18 Å². The maximum Gasteiger partial charge on any atom is 0.416 e. The van der Waals surface area contributed by atoms with Crippen LogP contribution in [0.2, 0.25) is 0 Å². The Morgan fingerprint density at radius 2 is 2.00 bits per heavy atom. The lowest BCUT2D eigenvalue weighted by atomic mass is 9.94. The van der Waals surface area contributed by atoms with Gasteiger partial charge in [-0.1, -0.05) is 12.1 Å². The van der Waals surface area contributed by atoms with Crippen LogP contribution in [0.15, 0.2) is 18.2 Å². The molecule has 0 aromatic heterocycles. The molecule has 0 bridgehead atoms. The molecule has 0 N–H and O–H groups in total. The predicted octanol–water partition coefficient (Wildman–Crippen LogP) is 2.63. The molecule has 1 heterocycles. The van der Waals surface area contributed by atoms with E-state index in [1.54, 1.807) is 0 Å². The van der Waals surface area contributed by atoms with E-state index in [1.165, 1.54) is 12.1 Å². The number of likely N-dealkylation sites (N-methyl/N-ethyl adjacent to an activating group) is 1. The Labute approximate surface area is 111 Å². The summed E-state index contributed by atoms with van der Waals surface area (Å²) in [5.74, 6) is 0. The average Bonchev–Trinajstić information content (AvgIpc) is 2.34. The molecule has 5 heteroatoms. The van der Waals surface area contributed by atoms with Crippen LogP contribution in [0, 0.1) is 0 Å². The van der Waals surface area contributed by atoms with Gasteiger partial charge in [-0.3, -0.25) is 4.90 Å². The Morgan fingerprint density at radius 1 is 1.26 bits per heavy atom. The molecular weight excluding hydrogens is 253 g/mol. The van der Waals surface area contributed by atoms with E-state index in [9.17, 15) is 13.2 Å². The fourth-order valence-electron chi connectivity index (χ4n) is 2.47. The van der Waals surface area contributed by atoms with Gasteiger partial charge < -0.3 is 4.90 Å². The summed E-state index contributed by atoms with van der Waals surface area (Å²) in [5.41, 5.74) is 0.841. The summed E-state index contributed by atoms with van der Waals surface area (Å²) in [6.07, 6.45) is -3.75. The molecule has 1 aliphatic rings. The van der Waals surface area contributed by atoms with Crippen molar-refractivity contribution in [3.63, 3.8) is 0 Å². The molecule has 1 aliphatic heterocycles. The van der Waals surface area contributed by atoms with E-state index in [1.807, 2.05) is 20.2 Å². The van der Waals surface area contributed by atoms with Crippen LogP contribution in [0.25, 0.3) is 0 Å². The number of halogens is 3. The first-order valence-electron chi connectivity index (χ1n) is 6.43. The lowest BCUT2D eigenvalue weighted by Crippen LogP contribution is -2.36. The number of benzene rings is 1. The molecule has 0 fully saturated rings. The Hall–Kier alpha value is -1.07. The summed E-state index contributed by atoms with van der Waals surface area (Å²) in [4.78, 5) is 4.30. The fraction of sp³-hybridized carbons (Fsp3) is 0.571. The van der Waals surface area contributed by atoms with Crippen LogP contribution in [0.1, 0.15) is 16.7 Å². The van der Waals surface area contributed by atoms with Gasteiger partial charge in [-0.2, -0.15) is 13.2 Å². The topological polar surface area (TPSA) is 6.48 Å². The highest BCUT2D eigenvalue weighted by Crippen LogP contribution is 2.35. The van der Waals surface area contributed by atoms with E-state index in [-0.39, 0.29) is 0 Å². The van der Waals surface area contributed by atoms with E-state index in [2.05, 4.69) is 9.80 Å². The highest BCUT2D eigenvalue weighted by Gasteiger charge is 2.35. The maximum absolute atomic E-state index is 12.9. The predicted molar refractivity (Wildman–Crippen MR) is 69.0 cm³/mol. The van der Waals surface area contributed by atoms with Crippen LogP contribution >= 0.6 is 0 Å². The molecule has 2 rings (SSSR count). The van der Waals surface area contributed by atoms with Crippen LogP contribution in [-0.2, 0) is 19.1 Å². The van der Waals surface area contributed by atoms with E-state index >= 15 is 0 Å². The van der Waals surface area contributed by atoms with E-state index in [4.69, 9.17) is 0 Å². The third-order valence-corrected chi connectivity index (χ3v) is 3.51. The minimum Gasteiger partial charge on any atom is -0.308 e. The second-order valence-corrected chi connectivity index (χ2v) is 5.27. The quantitative estimate of drug-likeness (QED) is 0.834. The van der Waals surface area contributed by atoms with Crippen molar-refractivity contribution >= 4 is 0 Å². The summed E-state index contributed by atoms with van der Waals surface area (Å²) < 4.78 is 38.7. The highest BCUT2D eigenvalue weighted by molar-refractivity contribution is 5.38. The zero-order valence-corrected chi connectivity index (χ0v) is 11.3. The van der Waals surface area contributed by atoms with Crippen molar-refractivity contribution in [2.45, 2.75) is 19.1 Å². The van der Waals surface area contributed by atoms with Crippen molar-refractivity contribution in [1.82, 2.24) is 9.80 Å². The Bertz CT molecular complexity index is 441. The molecule has 0 saturated carbocycles. The SMILES string of the molecule is CN(C)CCN1CCc2c(cccc2C(F)(F)F)C1. The minimum atomic E-state index is -4.24. The summed E-state index contributed by atoms with van der Waals surface area (Å²) >= 11 is 0. The molecule has 19 heavy (non-hydrogen) atoms. The first-order valence-corrected chi connectivity index (χ1v) is 6.43. The van der Waals surface area contributed by atoms with Crippen LogP contribution in [0.5, 0.6) is 0 Å². The molecule has 0 radical (unpaired) electrons. The average molecular weight is 272 g/mol. The second-order valence-electron chi connectivity index (χ2n) is 5.27. The number of hydrogen-bond acceptors (Lipinski definition) is 2. The van der Waals surface area contributed by atoms with Gasteiger partial charge in [0.15, 0.2) is 0 Å². The molecule has 0 saturated heterocycles. The summed E-state index contributed by atoms with van der Waals surface area (Å²) in [6.45, 7) is 3.14. The summed E-state index contributed by atoms with van der Waals surface area (Å²) in [5, 5.41) is 0. The maximum atomic E-state index is 12.9. The van der Waals surface area contributed by atoms with Crippen LogP contribution in [0.3, 0.4) is 0 Å².